The van der Waals surface area contributed by atoms with Crippen molar-refractivity contribution in [1.29, 1.82) is 0 Å². The van der Waals surface area contributed by atoms with Gasteiger partial charge in [-0.15, -0.1) is 0 Å². The molecule has 25 heavy (non-hydrogen) atoms. The number of nitrogens with one attached hydrogen (secondary N) is 1. The van der Waals surface area contributed by atoms with Crippen LogP contribution in [0, 0.1) is 19.7 Å². The Balaban J connectivity index is 1.75. The van der Waals surface area contributed by atoms with Crippen molar-refractivity contribution in [1.82, 2.24) is 4.90 Å². The largest absolute Gasteiger partial charge is 0.327 e. The molecule has 0 spiro atoms. The highest BCUT2D eigenvalue weighted by atomic mass is 19.1. The summed E-state index contributed by atoms with van der Waals surface area (Å²) >= 11 is 0. The van der Waals surface area contributed by atoms with E-state index in [4.69, 9.17) is 0 Å². The fraction of sp³-hybridized carbons (Fsp3) is 0.300. The van der Waals surface area contributed by atoms with Gasteiger partial charge >= 0.3 is 0 Å². The molecule has 1 aliphatic heterocycles. The average molecular weight is 340 g/mol. The van der Waals surface area contributed by atoms with E-state index in [-0.39, 0.29) is 17.4 Å². The number of anilines is 1. The van der Waals surface area contributed by atoms with E-state index in [1.54, 1.807) is 6.07 Å². The zero-order valence-electron chi connectivity index (χ0n) is 14.4. The van der Waals surface area contributed by atoms with Gasteiger partial charge in [-0.3, -0.25) is 9.59 Å². The maximum absolute atomic E-state index is 13.4. The lowest BCUT2D eigenvalue weighted by Gasteiger charge is -2.24. The van der Waals surface area contributed by atoms with Crippen molar-refractivity contribution in [3.8, 4) is 0 Å². The summed E-state index contributed by atoms with van der Waals surface area (Å²) in [7, 11) is 0. The van der Waals surface area contributed by atoms with Gasteiger partial charge in [-0.05, 0) is 68.1 Å². The summed E-state index contributed by atoms with van der Waals surface area (Å²) in [5, 5.41) is 2.89. The lowest BCUT2D eigenvalue weighted by atomic mass is 10.1. The molecule has 1 atom stereocenters. The van der Waals surface area contributed by atoms with E-state index in [1.807, 2.05) is 32.0 Å². The third-order valence-corrected chi connectivity index (χ3v) is 4.66. The molecular formula is C20H21FN2O2. The predicted molar refractivity (Wildman–Crippen MR) is 95.0 cm³/mol. The Kier molecular flexibility index (Phi) is 4.83. The van der Waals surface area contributed by atoms with Gasteiger partial charge in [0.15, 0.2) is 0 Å². The first-order valence-corrected chi connectivity index (χ1v) is 8.40. The van der Waals surface area contributed by atoms with Crippen molar-refractivity contribution in [2.24, 2.45) is 0 Å². The number of benzene rings is 2. The molecule has 4 nitrogen and oxygen atoms in total. The summed E-state index contributed by atoms with van der Waals surface area (Å²) in [6.45, 7) is 4.50. The van der Waals surface area contributed by atoms with Crippen molar-refractivity contribution < 1.29 is 14.0 Å². The number of hydrogen-bond donors (Lipinski definition) is 1. The minimum absolute atomic E-state index is 0.203. The lowest BCUT2D eigenvalue weighted by molar-refractivity contribution is -0.119. The third-order valence-electron chi connectivity index (χ3n) is 4.66. The summed E-state index contributed by atoms with van der Waals surface area (Å²) in [6, 6.07) is 10.8. The molecule has 1 N–H and O–H groups in total. The summed E-state index contributed by atoms with van der Waals surface area (Å²) < 4.78 is 13.4. The van der Waals surface area contributed by atoms with E-state index in [0.29, 0.717) is 13.0 Å². The molecule has 3 rings (SSSR count). The first kappa shape index (κ1) is 17.1. The van der Waals surface area contributed by atoms with Crippen LogP contribution in [0.1, 0.15) is 34.3 Å². The van der Waals surface area contributed by atoms with Crippen LogP contribution in [0.5, 0.6) is 0 Å². The van der Waals surface area contributed by atoms with E-state index in [1.165, 1.54) is 23.1 Å². The first-order valence-electron chi connectivity index (χ1n) is 8.40. The molecule has 0 bridgehead atoms. The SMILES string of the molecule is Cc1ccc(NC(=O)C2CCCN2C(=O)c2cccc(F)c2)cc1C. The third kappa shape index (κ3) is 3.71. The number of halogens is 1. The topological polar surface area (TPSA) is 49.4 Å². The molecule has 1 aliphatic rings. The molecule has 1 fully saturated rings. The van der Waals surface area contributed by atoms with Crippen LogP contribution in [0.3, 0.4) is 0 Å². The first-order chi connectivity index (χ1) is 12.0. The van der Waals surface area contributed by atoms with Crippen LogP contribution in [0.4, 0.5) is 10.1 Å². The van der Waals surface area contributed by atoms with Crippen LogP contribution in [-0.4, -0.2) is 29.3 Å². The summed E-state index contributed by atoms with van der Waals surface area (Å²) in [5.41, 5.74) is 3.24. The van der Waals surface area contributed by atoms with E-state index < -0.39 is 11.9 Å². The highest BCUT2D eigenvalue weighted by Crippen LogP contribution is 2.23. The van der Waals surface area contributed by atoms with Gasteiger partial charge in [-0.1, -0.05) is 12.1 Å². The Hall–Kier alpha value is -2.69. The predicted octanol–water partition coefficient (Wildman–Crippen LogP) is 3.69. The zero-order valence-corrected chi connectivity index (χ0v) is 14.4. The van der Waals surface area contributed by atoms with Gasteiger partial charge in [0.1, 0.15) is 11.9 Å². The summed E-state index contributed by atoms with van der Waals surface area (Å²) in [5.74, 6) is -0.969. The molecule has 1 unspecified atom stereocenters. The van der Waals surface area contributed by atoms with E-state index in [0.717, 1.165) is 23.2 Å². The second-order valence-electron chi connectivity index (χ2n) is 6.46. The number of carbonyl (C=O) groups is 2. The fourth-order valence-corrected chi connectivity index (χ4v) is 3.11. The van der Waals surface area contributed by atoms with Crippen molar-refractivity contribution >= 4 is 17.5 Å². The average Bonchev–Trinajstić information content (AvgIpc) is 3.07. The second kappa shape index (κ2) is 7.05. The Labute approximate surface area is 146 Å². The minimum atomic E-state index is -0.530. The Morgan fingerprint density at radius 1 is 1.12 bits per heavy atom. The van der Waals surface area contributed by atoms with Gasteiger partial charge in [0.25, 0.3) is 5.91 Å². The van der Waals surface area contributed by atoms with Crippen LogP contribution in [0.15, 0.2) is 42.5 Å². The number of aryl methyl sites for hydroxylation is 2. The monoisotopic (exact) mass is 340 g/mol. The summed E-state index contributed by atoms with van der Waals surface area (Å²) in [4.78, 5) is 26.8. The van der Waals surface area contributed by atoms with Crippen molar-refractivity contribution in [2.45, 2.75) is 32.7 Å². The standard InChI is InChI=1S/C20H21FN2O2/c1-13-8-9-17(11-14(13)2)22-19(24)18-7-4-10-23(18)20(25)15-5-3-6-16(21)12-15/h3,5-6,8-9,11-12,18H,4,7,10H2,1-2H3,(H,22,24). The normalized spacial score (nSPS) is 16.8. The molecule has 2 amide bonds. The van der Waals surface area contributed by atoms with Crippen LogP contribution < -0.4 is 5.32 Å². The van der Waals surface area contributed by atoms with Gasteiger partial charge in [0.2, 0.25) is 5.91 Å². The van der Waals surface area contributed by atoms with E-state index in [9.17, 15) is 14.0 Å². The van der Waals surface area contributed by atoms with Gasteiger partial charge in [-0.2, -0.15) is 0 Å². The van der Waals surface area contributed by atoms with Gasteiger partial charge in [-0.25, -0.2) is 4.39 Å². The number of hydrogen-bond acceptors (Lipinski definition) is 2. The van der Waals surface area contributed by atoms with E-state index in [2.05, 4.69) is 5.32 Å². The highest BCUT2D eigenvalue weighted by molar-refractivity contribution is 6.01. The Morgan fingerprint density at radius 3 is 2.64 bits per heavy atom. The maximum Gasteiger partial charge on any atom is 0.254 e. The molecular weight excluding hydrogens is 319 g/mol. The molecule has 0 saturated carbocycles. The lowest BCUT2D eigenvalue weighted by Crippen LogP contribution is -2.43. The molecule has 2 aromatic carbocycles. The molecule has 0 aromatic heterocycles. The Morgan fingerprint density at radius 2 is 1.92 bits per heavy atom. The molecule has 1 saturated heterocycles. The van der Waals surface area contributed by atoms with Crippen molar-refractivity contribution in [3.63, 3.8) is 0 Å². The van der Waals surface area contributed by atoms with E-state index >= 15 is 0 Å². The Bertz CT molecular complexity index is 819. The summed E-state index contributed by atoms with van der Waals surface area (Å²) in [6.07, 6.45) is 1.36. The number of nitrogens with zero attached hydrogens (tertiary/aromatic N) is 1. The molecule has 2 aromatic rings. The molecule has 1 heterocycles. The zero-order chi connectivity index (χ0) is 18.0. The van der Waals surface area contributed by atoms with Crippen LogP contribution in [0.2, 0.25) is 0 Å². The number of likely N-dealkylation sites (tertiary alicyclic amines) is 1. The second-order valence-corrected chi connectivity index (χ2v) is 6.46. The minimum Gasteiger partial charge on any atom is -0.327 e. The van der Waals surface area contributed by atoms with Gasteiger partial charge in [0, 0.05) is 17.8 Å². The number of rotatable bonds is 3. The highest BCUT2D eigenvalue weighted by Gasteiger charge is 2.34. The van der Waals surface area contributed by atoms with Gasteiger partial charge in [0.05, 0.1) is 0 Å². The van der Waals surface area contributed by atoms with Crippen LogP contribution >= 0.6 is 0 Å². The fourth-order valence-electron chi connectivity index (χ4n) is 3.11. The van der Waals surface area contributed by atoms with Crippen LogP contribution in [-0.2, 0) is 4.79 Å². The number of amides is 2. The number of carbonyl (C=O) groups excluding carboxylic acids is 2. The molecule has 0 aliphatic carbocycles. The quantitative estimate of drug-likeness (QED) is 0.926. The van der Waals surface area contributed by atoms with Crippen molar-refractivity contribution in [3.05, 3.63) is 65.0 Å². The smallest absolute Gasteiger partial charge is 0.254 e. The molecule has 5 heteroatoms. The van der Waals surface area contributed by atoms with Crippen molar-refractivity contribution in [2.75, 3.05) is 11.9 Å². The molecule has 130 valence electrons. The van der Waals surface area contributed by atoms with Gasteiger partial charge < -0.3 is 10.2 Å². The van der Waals surface area contributed by atoms with Crippen LogP contribution in [0.25, 0.3) is 0 Å². The maximum atomic E-state index is 13.4. The molecule has 0 radical (unpaired) electrons.